The molecule has 3 rings (SSSR count). The van der Waals surface area contributed by atoms with E-state index in [0.717, 1.165) is 38.2 Å². The molecular formula is C24H27F4N5O4. The summed E-state index contributed by atoms with van der Waals surface area (Å²) < 4.78 is 50.4. The SMILES string of the molecule is CCN(CC)CCCNc1nnc(-c2ccc(NC(=O)c3ccc(F)cc3)cc2)o1.O=C(O)C(F)(F)F. The lowest BCUT2D eigenvalue weighted by Crippen LogP contribution is -2.25. The highest BCUT2D eigenvalue weighted by molar-refractivity contribution is 6.04. The Morgan fingerprint density at radius 1 is 1.00 bits per heavy atom. The van der Waals surface area contributed by atoms with Gasteiger partial charge in [-0.15, -0.1) is 5.10 Å². The molecule has 0 saturated carbocycles. The summed E-state index contributed by atoms with van der Waals surface area (Å²) in [6, 6.07) is 12.8. The van der Waals surface area contributed by atoms with Gasteiger partial charge < -0.3 is 25.1 Å². The third-order valence-electron chi connectivity index (χ3n) is 4.99. The molecule has 200 valence electrons. The summed E-state index contributed by atoms with van der Waals surface area (Å²) in [7, 11) is 0. The molecule has 2 aromatic carbocycles. The number of alkyl halides is 3. The first-order valence-corrected chi connectivity index (χ1v) is 11.3. The zero-order chi connectivity index (χ0) is 27.4. The summed E-state index contributed by atoms with van der Waals surface area (Å²) >= 11 is 0. The summed E-state index contributed by atoms with van der Waals surface area (Å²) in [6.45, 7) is 8.17. The maximum absolute atomic E-state index is 13.0. The van der Waals surface area contributed by atoms with Crippen LogP contribution in [-0.4, -0.2) is 64.4 Å². The van der Waals surface area contributed by atoms with E-state index in [0.29, 0.717) is 23.2 Å². The number of carboxylic acids is 1. The number of anilines is 2. The van der Waals surface area contributed by atoms with Crippen LogP contribution in [0.5, 0.6) is 0 Å². The predicted octanol–water partition coefficient (Wildman–Crippen LogP) is 4.91. The highest BCUT2D eigenvalue weighted by Gasteiger charge is 2.38. The molecule has 0 fully saturated rings. The number of nitrogens with one attached hydrogen (secondary N) is 2. The van der Waals surface area contributed by atoms with Crippen molar-refractivity contribution >= 4 is 23.6 Å². The Morgan fingerprint density at radius 3 is 2.14 bits per heavy atom. The number of nitrogens with zero attached hydrogens (tertiary/aromatic N) is 3. The van der Waals surface area contributed by atoms with Crippen LogP contribution in [0.4, 0.5) is 29.3 Å². The molecule has 0 aliphatic carbocycles. The number of amides is 1. The molecule has 1 aromatic heterocycles. The van der Waals surface area contributed by atoms with Gasteiger partial charge in [0.15, 0.2) is 0 Å². The first-order valence-electron chi connectivity index (χ1n) is 11.3. The van der Waals surface area contributed by atoms with Crippen molar-refractivity contribution in [1.29, 1.82) is 0 Å². The molecule has 9 nitrogen and oxygen atoms in total. The van der Waals surface area contributed by atoms with Gasteiger partial charge >= 0.3 is 18.2 Å². The molecule has 0 atom stereocenters. The second-order valence-electron chi connectivity index (χ2n) is 7.56. The Labute approximate surface area is 210 Å². The number of hydrogen-bond donors (Lipinski definition) is 3. The Kier molecular flexibility index (Phi) is 11.0. The molecule has 13 heteroatoms. The van der Waals surface area contributed by atoms with E-state index in [2.05, 4.69) is 39.6 Å². The number of hydrogen-bond acceptors (Lipinski definition) is 7. The normalized spacial score (nSPS) is 11.0. The first kappa shape index (κ1) is 29.2. The summed E-state index contributed by atoms with van der Waals surface area (Å²) in [5, 5.41) is 21.1. The second-order valence-corrected chi connectivity index (χ2v) is 7.56. The van der Waals surface area contributed by atoms with Crippen molar-refractivity contribution in [3.05, 3.63) is 59.9 Å². The van der Waals surface area contributed by atoms with Gasteiger partial charge in [-0.25, -0.2) is 9.18 Å². The van der Waals surface area contributed by atoms with Gasteiger partial charge in [0.05, 0.1) is 0 Å². The van der Waals surface area contributed by atoms with Crippen molar-refractivity contribution in [2.45, 2.75) is 26.4 Å². The average molecular weight is 526 g/mol. The molecule has 0 aliphatic rings. The van der Waals surface area contributed by atoms with Gasteiger partial charge in [-0.1, -0.05) is 18.9 Å². The number of aliphatic carboxylic acids is 1. The quantitative estimate of drug-likeness (QED) is 0.252. The van der Waals surface area contributed by atoms with E-state index in [1.54, 1.807) is 24.3 Å². The van der Waals surface area contributed by atoms with E-state index in [-0.39, 0.29) is 11.7 Å². The smallest absolute Gasteiger partial charge is 0.475 e. The van der Waals surface area contributed by atoms with E-state index in [1.165, 1.54) is 24.3 Å². The summed E-state index contributed by atoms with van der Waals surface area (Å²) in [4.78, 5) is 23.5. The lowest BCUT2D eigenvalue weighted by molar-refractivity contribution is -0.192. The fourth-order valence-electron chi connectivity index (χ4n) is 2.95. The Balaban J connectivity index is 0.000000604. The van der Waals surface area contributed by atoms with Crippen LogP contribution in [0.1, 0.15) is 30.6 Å². The van der Waals surface area contributed by atoms with Gasteiger partial charge in [0, 0.05) is 23.4 Å². The number of rotatable bonds is 10. The molecule has 0 spiro atoms. The predicted molar refractivity (Wildman–Crippen MR) is 129 cm³/mol. The molecule has 3 aromatic rings. The van der Waals surface area contributed by atoms with Crippen LogP contribution in [0.25, 0.3) is 11.5 Å². The van der Waals surface area contributed by atoms with Gasteiger partial charge in [-0.05, 0) is 74.6 Å². The largest absolute Gasteiger partial charge is 0.490 e. The molecule has 0 radical (unpaired) electrons. The minimum Gasteiger partial charge on any atom is -0.475 e. The fraction of sp³-hybridized carbons (Fsp3) is 0.333. The fourth-order valence-corrected chi connectivity index (χ4v) is 2.95. The number of carbonyl (C=O) groups excluding carboxylic acids is 1. The van der Waals surface area contributed by atoms with E-state index >= 15 is 0 Å². The maximum atomic E-state index is 13.0. The molecule has 1 heterocycles. The minimum absolute atomic E-state index is 0.309. The standard InChI is InChI=1S/C22H26FN5O2.C2HF3O2/c1-3-28(4-2)15-5-14-24-22-27-26-21(30-22)17-8-12-19(13-9-17)25-20(29)16-6-10-18(23)11-7-16;3-2(4,5)1(6)7/h6-13H,3-5,14-15H2,1-2H3,(H,24,27)(H,25,29);(H,6,7). The van der Waals surface area contributed by atoms with E-state index < -0.39 is 12.1 Å². The molecule has 0 saturated heterocycles. The van der Waals surface area contributed by atoms with E-state index in [1.807, 2.05) is 0 Å². The Morgan fingerprint density at radius 2 is 1.59 bits per heavy atom. The molecule has 0 unspecified atom stereocenters. The number of benzene rings is 2. The van der Waals surface area contributed by atoms with Crippen LogP contribution in [-0.2, 0) is 4.79 Å². The zero-order valence-corrected chi connectivity index (χ0v) is 20.2. The Hall–Kier alpha value is -4.00. The average Bonchev–Trinajstić information content (AvgIpc) is 3.34. The number of halogens is 4. The monoisotopic (exact) mass is 525 g/mol. The first-order chi connectivity index (χ1) is 17.5. The van der Waals surface area contributed by atoms with Crippen molar-refractivity contribution in [3.8, 4) is 11.5 Å². The topological polar surface area (TPSA) is 121 Å². The van der Waals surface area contributed by atoms with Crippen molar-refractivity contribution in [2.24, 2.45) is 0 Å². The van der Waals surface area contributed by atoms with Crippen molar-refractivity contribution in [2.75, 3.05) is 36.8 Å². The van der Waals surface area contributed by atoms with Gasteiger partial charge in [0.1, 0.15) is 5.82 Å². The van der Waals surface area contributed by atoms with Crippen LogP contribution >= 0.6 is 0 Å². The number of carboxylic acid groups (broad SMARTS) is 1. The van der Waals surface area contributed by atoms with Gasteiger partial charge in [-0.2, -0.15) is 13.2 Å². The van der Waals surface area contributed by atoms with Crippen LogP contribution in [0.2, 0.25) is 0 Å². The zero-order valence-electron chi connectivity index (χ0n) is 20.2. The minimum atomic E-state index is -5.08. The van der Waals surface area contributed by atoms with Crippen molar-refractivity contribution < 1.29 is 36.7 Å². The summed E-state index contributed by atoms with van der Waals surface area (Å²) in [6.07, 6.45) is -4.10. The number of carbonyl (C=O) groups is 2. The van der Waals surface area contributed by atoms with Crippen LogP contribution < -0.4 is 10.6 Å². The summed E-state index contributed by atoms with van der Waals surface area (Å²) in [5.41, 5.74) is 1.75. The second kappa shape index (κ2) is 13.9. The van der Waals surface area contributed by atoms with Gasteiger partial charge in [-0.3, -0.25) is 4.79 Å². The van der Waals surface area contributed by atoms with E-state index in [9.17, 15) is 22.4 Å². The molecular weight excluding hydrogens is 498 g/mol. The molecule has 37 heavy (non-hydrogen) atoms. The highest BCUT2D eigenvalue weighted by atomic mass is 19.4. The molecule has 0 bridgehead atoms. The maximum Gasteiger partial charge on any atom is 0.490 e. The van der Waals surface area contributed by atoms with Crippen LogP contribution in [0.15, 0.2) is 52.9 Å². The molecule has 1 amide bonds. The highest BCUT2D eigenvalue weighted by Crippen LogP contribution is 2.22. The van der Waals surface area contributed by atoms with E-state index in [4.69, 9.17) is 14.3 Å². The number of aromatic nitrogens is 2. The van der Waals surface area contributed by atoms with Crippen LogP contribution in [0, 0.1) is 5.82 Å². The lowest BCUT2D eigenvalue weighted by atomic mass is 10.2. The Bertz CT molecular complexity index is 1130. The third-order valence-corrected chi connectivity index (χ3v) is 4.99. The molecule has 0 aliphatic heterocycles. The van der Waals surface area contributed by atoms with Gasteiger partial charge in [0.2, 0.25) is 5.89 Å². The van der Waals surface area contributed by atoms with Crippen LogP contribution in [0.3, 0.4) is 0 Å². The third kappa shape index (κ3) is 9.88. The van der Waals surface area contributed by atoms with Crippen molar-refractivity contribution in [3.63, 3.8) is 0 Å². The lowest BCUT2D eigenvalue weighted by Gasteiger charge is -2.17. The summed E-state index contributed by atoms with van der Waals surface area (Å²) in [5.74, 6) is -3.05. The molecule has 3 N–H and O–H groups in total. The van der Waals surface area contributed by atoms with Crippen molar-refractivity contribution in [1.82, 2.24) is 15.1 Å². The van der Waals surface area contributed by atoms with Gasteiger partial charge in [0.25, 0.3) is 5.91 Å².